The van der Waals surface area contributed by atoms with E-state index in [-0.39, 0.29) is 0 Å². The van der Waals surface area contributed by atoms with Crippen LogP contribution in [-0.2, 0) is 6.42 Å². The Balaban J connectivity index is 2.13. The first-order valence-corrected chi connectivity index (χ1v) is 7.72. The highest BCUT2D eigenvalue weighted by atomic mass is 14.9. The van der Waals surface area contributed by atoms with E-state index in [1.165, 1.54) is 37.7 Å². The zero-order chi connectivity index (χ0) is 13.7. The molecule has 1 unspecified atom stereocenters. The van der Waals surface area contributed by atoms with Gasteiger partial charge in [-0.25, -0.2) is 0 Å². The number of aromatic nitrogens is 1. The molecule has 2 nitrogen and oxygen atoms in total. The molecule has 19 heavy (non-hydrogen) atoms. The fourth-order valence-electron chi connectivity index (χ4n) is 3.97. The van der Waals surface area contributed by atoms with Crippen molar-refractivity contribution in [1.82, 2.24) is 10.3 Å². The molecule has 0 aromatic carbocycles. The standard InChI is InChI=1S/C17H28N2/c1-14(2)12-17(8-4-5-9-17)16(18-3)11-15-7-6-10-19-13-15/h6-7,10,13-14,16,18H,4-5,8-9,11-12H2,1-3H3. The lowest BCUT2D eigenvalue weighted by atomic mass is 9.71. The van der Waals surface area contributed by atoms with Crippen molar-refractivity contribution < 1.29 is 0 Å². The van der Waals surface area contributed by atoms with Crippen LogP contribution in [0.15, 0.2) is 24.5 Å². The number of likely N-dealkylation sites (N-methyl/N-ethyl adjacent to an activating group) is 1. The van der Waals surface area contributed by atoms with Gasteiger partial charge in [-0.05, 0) is 55.7 Å². The van der Waals surface area contributed by atoms with E-state index >= 15 is 0 Å². The van der Waals surface area contributed by atoms with Gasteiger partial charge >= 0.3 is 0 Å². The van der Waals surface area contributed by atoms with Crippen molar-refractivity contribution in [2.45, 2.75) is 58.4 Å². The summed E-state index contributed by atoms with van der Waals surface area (Å²) in [6.07, 6.45) is 11.9. The Labute approximate surface area is 118 Å². The van der Waals surface area contributed by atoms with Crippen molar-refractivity contribution in [3.63, 3.8) is 0 Å². The summed E-state index contributed by atoms with van der Waals surface area (Å²) in [4.78, 5) is 4.25. The molecule has 2 rings (SSSR count). The second-order valence-corrected chi connectivity index (χ2v) is 6.57. The quantitative estimate of drug-likeness (QED) is 0.841. The number of hydrogen-bond acceptors (Lipinski definition) is 2. The number of nitrogens with zero attached hydrogens (tertiary/aromatic N) is 1. The third kappa shape index (κ3) is 3.56. The van der Waals surface area contributed by atoms with Gasteiger partial charge in [-0.2, -0.15) is 0 Å². The van der Waals surface area contributed by atoms with Gasteiger partial charge in [-0.15, -0.1) is 0 Å². The molecule has 0 bridgehead atoms. The number of rotatable bonds is 6. The summed E-state index contributed by atoms with van der Waals surface area (Å²) in [6.45, 7) is 4.72. The summed E-state index contributed by atoms with van der Waals surface area (Å²) < 4.78 is 0. The minimum absolute atomic E-state index is 0.499. The molecule has 0 radical (unpaired) electrons. The summed E-state index contributed by atoms with van der Waals surface area (Å²) in [5, 5.41) is 3.61. The predicted molar refractivity (Wildman–Crippen MR) is 81.1 cm³/mol. The smallest absolute Gasteiger partial charge is 0.0300 e. The largest absolute Gasteiger partial charge is 0.316 e. The molecule has 1 fully saturated rings. The molecule has 0 spiro atoms. The molecule has 1 aliphatic carbocycles. The van der Waals surface area contributed by atoms with E-state index in [0.717, 1.165) is 12.3 Å². The van der Waals surface area contributed by atoms with Crippen LogP contribution in [0.5, 0.6) is 0 Å². The molecule has 1 N–H and O–H groups in total. The maximum absolute atomic E-state index is 4.25. The molecule has 1 aliphatic rings. The van der Waals surface area contributed by atoms with Gasteiger partial charge in [0.15, 0.2) is 0 Å². The lowest BCUT2D eigenvalue weighted by Crippen LogP contribution is -2.44. The van der Waals surface area contributed by atoms with Crippen LogP contribution in [-0.4, -0.2) is 18.1 Å². The molecular weight excluding hydrogens is 232 g/mol. The minimum atomic E-state index is 0.499. The van der Waals surface area contributed by atoms with Gasteiger partial charge in [-0.1, -0.05) is 32.8 Å². The van der Waals surface area contributed by atoms with Crippen molar-refractivity contribution in [3.05, 3.63) is 30.1 Å². The summed E-state index contributed by atoms with van der Waals surface area (Å²) in [6, 6.07) is 4.84. The van der Waals surface area contributed by atoms with Gasteiger partial charge in [0.1, 0.15) is 0 Å². The van der Waals surface area contributed by atoms with E-state index in [9.17, 15) is 0 Å². The van der Waals surface area contributed by atoms with Gasteiger partial charge in [0.2, 0.25) is 0 Å². The third-order valence-corrected chi connectivity index (χ3v) is 4.66. The monoisotopic (exact) mass is 260 g/mol. The average Bonchev–Trinajstić information content (AvgIpc) is 2.85. The molecule has 1 atom stereocenters. The lowest BCUT2D eigenvalue weighted by molar-refractivity contribution is 0.160. The van der Waals surface area contributed by atoms with E-state index in [2.05, 4.69) is 37.3 Å². The Kier molecular flexibility index (Phi) is 4.98. The van der Waals surface area contributed by atoms with Crippen molar-refractivity contribution in [1.29, 1.82) is 0 Å². The second-order valence-electron chi connectivity index (χ2n) is 6.57. The van der Waals surface area contributed by atoms with Crippen molar-refractivity contribution in [3.8, 4) is 0 Å². The van der Waals surface area contributed by atoms with Crippen LogP contribution in [0, 0.1) is 11.3 Å². The molecule has 0 saturated heterocycles. The van der Waals surface area contributed by atoms with E-state index in [1.54, 1.807) is 0 Å². The molecular formula is C17H28N2. The first kappa shape index (κ1) is 14.5. The number of nitrogens with one attached hydrogen (secondary N) is 1. The van der Waals surface area contributed by atoms with Crippen LogP contribution >= 0.6 is 0 Å². The molecule has 1 aromatic rings. The highest BCUT2D eigenvalue weighted by Gasteiger charge is 2.40. The Morgan fingerprint density at radius 2 is 2.05 bits per heavy atom. The maximum Gasteiger partial charge on any atom is 0.0300 e. The summed E-state index contributed by atoms with van der Waals surface area (Å²) in [7, 11) is 2.13. The Hall–Kier alpha value is -0.890. The van der Waals surface area contributed by atoms with Crippen LogP contribution in [0.4, 0.5) is 0 Å². The summed E-state index contributed by atoms with van der Waals surface area (Å²) >= 11 is 0. The Morgan fingerprint density at radius 3 is 2.58 bits per heavy atom. The molecule has 106 valence electrons. The highest BCUT2D eigenvalue weighted by Crippen LogP contribution is 2.46. The van der Waals surface area contributed by atoms with Crippen molar-refractivity contribution in [2.24, 2.45) is 11.3 Å². The summed E-state index contributed by atoms with van der Waals surface area (Å²) in [5.41, 5.74) is 1.86. The Morgan fingerprint density at radius 1 is 1.32 bits per heavy atom. The SMILES string of the molecule is CNC(Cc1cccnc1)C1(CC(C)C)CCCC1. The fraction of sp³-hybridized carbons (Fsp3) is 0.706. The van der Waals surface area contributed by atoms with E-state index < -0.39 is 0 Å². The molecule has 2 heteroatoms. The van der Waals surface area contributed by atoms with E-state index in [0.29, 0.717) is 11.5 Å². The summed E-state index contributed by atoms with van der Waals surface area (Å²) in [5.74, 6) is 0.780. The maximum atomic E-state index is 4.25. The second kappa shape index (κ2) is 6.51. The first-order chi connectivity index (χ1) is 9.16. The van der Waals surface area contributed by atoms with Crippen LogP contribution < -0.4 is 5.32 Å². The molecule has 0 amide bonds. The average molecular weight is 260 g/mol. The first-order valence-electron chi connectivity index (χ1n) is 7.72. The van der Waals surface area contributed by atoms with Crippen molar-refractivity contribution in [2.75, 3.05) is 7.05 Å². The number of hydrogen-bond donors (Lipinski definition) is 1. The van der Waals surface area contributed by atoms with Gasteiger partial charge in [0, 0.05) is 18.4 Å². The Bertz CT molecular complexity index is 366. The van der Waals surface area contributed by atoms with Gasteiger partial charge < -0.3 is 5.32 Å². The van der Waals surface area contributed by atoms with Gasteiger partial charge in [-0.3, -0.25) is 4.98 Å². The minimum Gasteiger partial charge on any atom is -0.316 e. The molecule has 1 aromatic heterocycles. The van der Waals surface area contributed by atoms with Crippen LogP contribution in [0.2, 0.25) is 0 Å². The van der Waals surface area contributed by atoms with E-state index in [1.807, 2.05) is 18.5 Å². The normalized spacial score (nSPS) is 19.8. The topological polar surface area (TPSA) is 24.9 Å². The zero-order valence-electron chi connectivity index (χ0n) is 12.7. The predicted octanol–water partition coefficient (Wildman–Crippen LogP) is 3.82. The van der Waals surface area contributed by atoms with Crippen LogP contribution in [0.3, 0.4) is 0 Å². The third-order valence-electron chi connectivity index (χ3n) is 4.66. The fourth-order valence-corrected chi connectivity index (χ4v) is 3.97. The molecule has 1 heterocycles. The lowest BCUT2D eigenvalue weighted by Gasteiger charge is -2.39. The van der Waals surface area contributed by atoms with Gasteiger partial charge in [0.25, 0.3) is 0 Å². The molecule has 0 aliphatic heterocycles. The van der Waals surface area contributed by atoms with Crippen LogP contribution in [0.25, 0.3) is 0 Å². The van der Waals surface area contributed by atoms with E-state index in [4.69, 9.17) is 0 Å². The highest BCUT2D eigenvalue weighted by molar-refractivity contribution is 5.12. The molecule has 1 saturated carbocycles. The zero-order valence-corrected chi connectivity index (χ0v) is 12.7. The number of pyridine rings is 1. The van der Waals surface area contributed by atoms with Crippen LogP contribution in [0.1, 0.15) is 51.5 Å². The van der Waals surface area contributed by atoms with Gasteiger partial charge in [0.05, 0.1) is 0 Å². The van der Waals surface area contributed by atoms with Crippen molar-refractivity contribution >= 4 is 0 Å².